The first-order valence-corrected chi connectivity index (χ1v) is 8.07. The number of nitrogens with zero attached hydrogens (tertiary/aromatic N) is 1. The van der Waals surface area contributed by atoms with E-state index in [1.807, 2.05) is 6.07 Å². The SMILES string of the molecule is CC(C)CCN(CCC(C)C)c1c(F)cccc1CCl. The molecule has 0 bridgehead atoms. The van der Waals surface area contributed by atoms with Gasteiger partial charge >= 0.3 is 0 Å². The van der Waals surface area contributed by atoms with Gasteiger partial charge in [-0.2, -0.15) is 0 Å². The molecule has 0 saturated carbocycles. The average Bonchev–Trinajstić information content (AvgIpc) is 2.39. The van der Waals surface area contributed by atoms with Crippen LogP contribution in [0.5, 0.6) is 0 Å². The Kier molecular flexibility index (Phi) is 7.36. The summed E-state index contributed by atoms with van der Waals surface area (Å²) >= 11 is 5.98. The molecule has 0 N–H and O–H groups in total. The highest BCUT2D eigenvalue weighted by atomic mass is 35.5. The Morgan fingerprint density at radius 1 is 1.05 bits per heavy atom. The number of anilines is 1. The minimum absolute atomic E-state index is 0.157. The molecule has 3 heteroatoms. The Morgan fingerprint density at radius 2 is 1.60 bits per heavy atom. The zero-order valence-electron chi connectivity index (χ0n) is 13.1. The van der Waals surface area contributed by atoms with Crippen LogP contribution in [-0.4, -0.2) is 13.1 Å². The molecule has 0 spiro atoms. The standard InChI is InChI=1S/C17H27ClFN/c1-13(2)8-10-20(11-9-14(3)4)17-15(12-18)6-5-7-16(17)19/h5-7,13-14H,8-12H2,1-4H3. The van der Waals surface area contributed by atoms with E-state index in [-0.39, 0.29) is 5.82 Å². The lowest BCUT2D eigenvalue weighted by molar-refractivity contribution is 0.526. The zero-order chi connectivity index (χ0) is 15.1. The molecule has 0 amide bonds. The molecule has 0 atom stereocenters. The fourth-order valence-corrected chi connectivity index (χ4v) is 2.40. The molecule has 1 aromatic rings. The van der Waals surface area contributed by atoms with Crippen LogP contribution in [0, 0.1) is 17.7 Å². The van der Waals surface area contributed by atoms with Gasteiger partial charge in [0.05, 0.1) is 5.69 Å². The maximum atomic E-state index is 14.2. The quantitative estimate of drug-likeness (QED) is 0.576. The third-order valence-corrected chi connectivity index (χ3v) is 3.77. The minimum Gasteiger partial charge on any atom is -0.369 e. The minimum atomic E-state index is -0.157. The summed E-state index contributed by atoms with van der Waals surface area (Å²) in [6, 6.07) is 5.19. The van der Waals surface area contributed by atoms with Gasteiger partial charge in [-0.05, 0) is 36.3 Å². The second kappa shape index (κ2) is 8.51. The second-order valence-corrected chi connectivity index (χ2v) is 6.50. The van der Waals surface area contributed by atoms with Gasteiger partial charge in [0.1, 0.15) is 5.82 Å². The summed E-state index contributed by atoms with van der Waals surface area (Å²) < 4.78 is 14.2. The summed E-state index contributed by atoms with van der Waals surface area (Å²) in [4.78, 5) is 2.17. The van der Waals surface area contributed by atoms with Crippen molar-refractivity contribution < 1.29 is 4.39 Å². The van der Waals surface area contributed by atoms with Gasteiger partial charge in [0.2, 0.25) is 0 Å². The van der Waals surface area contributed by atoms with Crippen LogP contribution >= 0.6 is 11.6 Å². The lowest BCUT2D eigenvalue weighted by Crippen LogP contribution is -2.29. The molecule has 0 aliphatic rings. The van der Waals surface area contributed by atoms with E-state index >= 15 is 0 Å². The summed E-state index contributed by atoms with van der Waals surface area (Å²) in [5, 5.41) is 0. The molecule has 0 aromatic heterocycles. The first-order chi connectivity index (χ1) is 9.45. The Bertz CT molecular complexity index is 392. The van der Waals surface area contributed by atoms with Crippen LogP contribution in [0.2, 0.25) is 0 Å². The number of rotatable bonds is 8. The summed E-state index contributed by atoms with van der Waals surface area (Å²) in [6.45, 7) is 10.6. The molecule has 20 heavy (non-hydrogen) atoms. The van der Waals surface area contributed by atoms with Crippen molar-refractivity contribution in [3.8, 4) is 0 Å². The predicted molar refractivity (Wildman–Crippen MR) is 87.1 cm³/mol. The van der Waals surface area contributed by atoms with Crippen LogP contribution in [0.25, 0.3) is 0 Å². The molecule has 0 aliphatic carbocycles. The molecule has 114 valence electrons. The third-order valence-electron chi connectivity index (χ3n) is 3.48. The van der Waals surface area contributed by atoms with Crippen molar-refractivity contribution in [3.05, 3.63) is 29.6 Å². The molecular weight excluding hydrogens is 273 g/mol. The van der Waals surface area contributed by atoms with E-state index in [9.17, 15) is 4.39 Å². The molecule has 0 saturated heterocycles. The molecule has 0 aliphatic heterocycles. The Labute approximate surface area is 128 Å². The van der Waals surface area contributed by atoms with Crippen molar-refractivity contribution in [1.29, 1.82) is 0 Å². The van der Waals surface area contributed by atoms with Crippen molar-refractivity contribution in [2.75, 3.05) is 18.0 Å². The van der Waals surface area contributed by atoms with Crippen LogP contribution in [0.15, 0.2) is 18.2 Å². The van der Waals surface area contributed by atoms with E-state index in [2.05, 4.69) is 32.6 Å². The Morgan fingerprint density at radius 3 is 2.05 bits per heavy atom. The molecule has 1 nitrogen and oxygen atoms in total. The van der Waals surface area contributed by atoms with E-state index < -0.39 is 0 Å². The Balaban J connectivity index is 2.96. The highest BCUT2D eigenvalue weighted by molar-refractivity contribution is 6.17. The van der Waals surface area contributed by atoms with Crippen LogP contribution in [0.4, 0.5) is 10.1 Å². The molecule has 0 radical (unpaired) electrons. The topological polar surface area (TPSA) is 3.24 Å². The second-order valence-electron chi connectivity index (χ2n) is 6.23. The molecule has 0 fully saturated rings. The van der Waals surface area contributed by atoms with Crippen LogP contribution in [-0.2, 0) is 5.88 Å². The van der Waals surface area contributed by atoms with Gasteiger partial charge in [-0.25, -0.2) is 4.39 Å². The normalized spacial score (nSPS) is 11.4. The Hall–Kier alpha value is -0.760. The third kappa shape index (κ3) is 5.32. The lowest BCUT2D eigenvalue weighted by Gasteiger charge is -2.28. The van der Waals surface area contributed by atoms with Crippen molar-refractivity contribution in [2.45, 2.75) is 46.4 Å². The highest BCUT2D eigenvalue weighted by Gasteiger charge is 2.16. The summed E-state index contributed by atoms with van der Waals surface area (Å²) in [6.07, 6.45) is 2.13. The summed E-state index contributed by atoms with van der Waals surface area (Å²) in [5.41, 5.74) is 1.59. The molecule has 1 aromatic carbocycles. The maximum Gasteiger partial charge on any atom is 0.146 e. The average molecular weight is 300 g/mol. The van der Waals surface area contributed by atoms with Crippen molar-refractivity contribution in [1.82, 2.24) is 0 Å². The van der Waals surface area contributed by atoms with Crippen LogP contribution in [0.3, 0.4) is 0 Å². The van der Waals surface area contributed by atoms with Crippen molar-refractivity contribution in [3.63, 3.8) is 0 Å². The van der Waals surface area contributed by atoms with Crippen LogP contribution in [0.1, 0.15) is 46.1 Å². The van der Waals surface area contributed by atoms with E-state index in [1.165, 1.54) is 6.07 Å². The molecule has 1 rings (SSSR count). The largest absolute Gasteiger partial charge is 0.369 e. The van der Waals surface area contributed by atoms with Gasteiger partial charge in [-0.1, -0.05) is 39.8 Å². The number of halogens is 2. The lowest BCUT2D eigenvalue weighted by atomic mass is 10.1. The van der Waals surface area contributed by atoms with E-state index in [0.29, 0.717) is 23.4 Å². The first kappa shape index (κ1) is 17.3. The van der Waals surface area contributed by atoms with Crippen LogP contribution < -0.4 is 4.90 Å². The van der Waals surface area contributed by atoms with Gasteiger partial charge in [0, 0.05) is 19.0 Å². The molecule has 0 unspecified atom stereocenters. The monoisotopic (exact) mass is 299 g/mol. The van der Waals surface area contributed by atoms with E-state index in [0.717, 1.165) is 31.5 Å². The van der Waals surface area contributed by atoms with Gasteiger partial charge in [-0.15, -0.1) is 11.6 Å². The predicted octanol–water partition coefficient (Wildman–Crippen LogP) is 5.46. The fraction of sp³-hybridized carbons (Fsp3) is 0.647. The number of para-hydroxylation sites is 1. The van der Waals surface area contributed by atoms with Gasteiger partial charge < -0.3 is 4.90 Å². The highest BCUT2D eigenvalue weighted by Crippen LogP contribution is 2.27. The number of benzene rings is 1. The van der Waals surface area contributed by atoms with E-state index in [4.69, 9.17) is 11.6 Å². The smallest absolute Gasteiger partial charge is 0.146 e. The number of alkyl halides is 1. The maximum absolute atomic E-state index is 14.2. The summed E-state index contributed by atoms with van der Waals surface area (Å²) in [5.74, 6) is 1.42. The first-order valence-electron chi connectivity index (χ1n) is 7.54. The van der Waals surface area contributed by atoms with Gasteiger partial charge in [0.25, 0.3) is 0 Å². The zero-order valence-corrected chi connectivity index (χ0v) is 13.9. The number of hydrogen-bond donors (Lipinski definition) is 0. The van der Waals surface area contributed by atoms with Crippen molar-refractivity contribution in [2.24, 2.45) is 11.8 Å². The number of hydrogen-bond acceptors (Lipinski definition) is 1. The molecule has 0 heterocycles. The van der Waals surface area contributed by atoms with Gasteiger partial charge in [-0.3, -0.25) is 0 Å². The van der Waals surface area contributed by atoms with E-state index in [1.54, 1.807) is 6.07 Å². The molecular formula is C17H27ClFN. The fourth-order valence-electron chi connectivity index (χ4n) is 2.19. The van der Waals surface area contributed by atoms with Gasteiger partial charge in [0.15, 0.2) is 0 Å². The summed E-state index contributed by atoms with van der Waals surface area (Å²) in [7, 11) is 0. The van der Waals surface area contributed by atoms with Crippen molar-refractivity contribution >= 4 is 17.3 Å².